The van der Waals surface area contributed by atoms with Gasteiger partial charge in [0.2, 0.25) is 11.8 Å². The van der Waals surface area contributed by atoms with Crippen LogP contribution in [0, 0.1) is 11.7 Å². The number of anilines is 1. The third-order valence-corrected chi connectivity index (χ3v) is 5.84. The second-order valence-electron chi connectivity index (χ2n) is 6.10. The molecule has 6 heteroatoms. The molecule has 0 radical (unpaired) electrons. The van der Waals surface area contributed by atoms with Crippen molar-refractivity contribution in [2.45, 2.75) is 30.9 Å². The first-order chi connectivity index (χ1) is 11.1. The molecular weight excluding hydrogens is 315 g/mol. The Bertz CT molecular complexity index is 582. The van der Waals surface area contributed by atoms with E-state index >= 15 is 0 Å². The van der Waals surface area contributed by atoms with Gasteiger partial charge in [0.05, 0.1) is 5.25 Å². The van der Waals surface area contributed by atoms with Crippen molar-refractivity contribution in [3.63, 3.8) is 0 Å². The van der Waals surface area contributed by atoms with Crippen LogP contribution in [0.1, 0.15) is 25.7 Å². The summed E-state index contributed by atoms with van der Waals surface area (Å²) >= 11 is 1.75. The van der Waals surface area contributed by atoms with E-state index in [0.29, 0.717) is 31.6 Å². The number of likely N-dealkylation sites (tertiary alicyclic amines) is 1. The SMILES string of the molecule is O=C(Nc1cccc(F)c1)C1CCN(C(=O)[C@H]2CCCS2)CC1. The summed E-state index contributed by atoms with van der Waals surface area (Å²) in [6.45, 7) is 1.27. The number of amides is 2. The van der Waals surface area contributed by atoms with Gasteiger partial charge in [-0.25, -0.2) is 4.39 Å². The van der Waals surface area contributed by atoms with Crippen molar-refractivity contribution < 1.29 is 14.0 Å². The molecule has 2 amide bonds. The Morgan fingerprint density at radius 1 is 1.22 bits per heavy atom. The molecule has 0 aliphatic carbocycles. The van der Waals surface area contributed by atoms with Gasteiger partial charge in [0, 0.05) is 24.7 Å². The summed E-state index contributed by atoms with van der Waals surface area (Å²) in [5.74, 6) is 0.744. The highest BCUT2D eigenvalue weighted by Gasteiger charge is 2.32. The molecule has 2 heterocycles. The first-order valence-corrected chi connectivity index (χ1v) is 9.15. The lowest BCUT2D eigenvalue weighted by molar-refractivity contribution is -0.134. The number of piperidine rings is 1. The van der Waals surface area contributed by atoms with Crippen LogP contribution in [0.2, 0.25) is 0 Å². The average molecular weight is 336 g/mol. The van der Waals surface area contributed by atoms with Gasteiger partial charge in [-0.15, -0.1) is 11.8 Å². The molecule has 1 aromatic carbocycles. The van der Waals surface area contributed by atoms with Gasteiger partial charge in [-0.05, 0) is 49.6 Å². The van der Waals surface area contributed by atoms with Gasteiger partial charge in [0.1, 0.15) is 5.82 Å². The number of halogens is 1. The fourth-order valence-corrected chi connectivity index (χ4v) is 4.39. The third kappa shape index (κ3) is 4.05. The molecule has 2 fully saturated rings. The molecular formula is C17H21FN2O2S. The van der Waals surface area contributed by atoms with Crippen LogP contribution in [-0.2, 0) is 9.59 Å². The summed E-state index contributed by atoms with van der Waals surface area (Å²) in [5.41, 5.74) is 0.482. The molecule has 0 bridgehead atoms. The maximum absolute atomic E-state index is 13.2. The summed E-state index contributed by atoms with van der Waals surface area (Å²) in [5, 5.41) is 2.88. The summed E-state index contributed by atoms with van der Waals surface area (Å²) in [6, 6.07) is 5.91. The van der Waals surface area contributed by atoms with Gasteiger partial charge in [-0.2, -0.15) is 0 Å². The summed E-state index contributed by atoms with van der Waals surface area (Å²) in [4.78, 5) is 26.5. The summed E-state index contributed by atoms with van der Waals surface area (Å²) in [6.07, 6.45) is 3.44. The predicted octanol–water partition coefficient (Wildman–Crippen LogP) is 2.90. The zero-order chi connectivity index (χ0) is 16.2. The molecule has 23 heavy (non-hydrogen) atoms. The monoisotopic (exact) mass is 336 g/mol. The summed E-state index contributed by atoms with van der Waals surface area (Å²) < 4.78 is 13.2. The minimum atomic E-state index is -0.364. The maximum atomic E-state index is 13.2. The van der Waals surface area contributed by atoms with Crippen LogP contribution >= 0.6 is 11.8 Å². The van der Waals surface area contributed by atoms with Crippen LogP contribution in [0.25, 0.3) is 0 Å². The number of nitrogens with one attached hydrogen (secondary N) is 1. The van der Waals surface area contributed by atoms with Crippen molar-refractivity contribution in [3.05, 3.63) is 30.1 Å². The number of hydrogen-bond donors (Lipinski definition) is 1. The lowest BCUT2D eigenvalue weighted by Gasteiger charge is -2.32. The van der Waals surface area contributed by atoms with E-state index in [2.05, 4.69) is 5.32 Å². The number of benzene rings is 1. The molecule has 0 spiro atoms. The predicted molar refractivity (Wildman–Crippen MR) is 89.8 cm³/mol. The first-order valence-electron chi connectivity index (χ1n) is 8.10. The van der Waals surface area contributed by atoms with E-state index in [1.807, 2.05) is 4.90 Å². The second kappa shape index (κ2) is 7.34. The number of thioether (sulfide) groups is 1. The Morgan fingerprint density at radius 2 is 2.00 bits per heavy atom. The number of carbonyl (C=O) groups is 2. The van der Waals surface area contributed by atoms with Crippen LogP contribution < -0.4 is 5.32 Å². The highest BCUT2D eigenvalue weighted by molar-refractivity contribution is 8.00. The Morgan fingerprint density at radius 3 is 2.65 bits per heavy atom. The molecule has 2 saturated heterocycles. The topological polar surface area (TPSA) is 49.4 Å². The van der Waals surface area contributed by atoms with E-state index in [1.54, 1.807) is 23.9 Å². The third-order valence-electron chi connectivity index (χ3n) is 4.47. The van der Waals surface area contributed by atoms with E-state index < -0.39 is 0 Å². The molecule has 0 saturated carbocycles. The van der Waals surface area contributed by atoms with Gasteiger partial charge in [-0.3, -0.25) is 9.59 Å². The molecule has 0 unspecified atom stereocenters. The minimum absolute atomic E-state index is 0.0852. The zero-order valence-corrected chi connectivity index (χ0v) is 13.8. The molecule has 2 aliphatic rings. The molecule has 3 rings (SSSR count). The number of carbonyl (C=O) groups excluding carboxylic acids is 2. The van der Waals surface area contributed by atoms with Crippen LogP contribution in [0.3, 0.4) is 0 Å². The quantitative estimate of drug-likeness (QED) is 0.923. The van der Waals surface area contributed by atoms with Crippen molar-refractivity contribution in [3.8, 4) is 0 Å². The molecule has 1 aromatic rings. The smallest absolute Gasteiger partial charge is 0.235 e. The number of nitrogens with zero attached hydrogens (tertiary/aromatic N) is 1. The van der Waals surface area contributed by atoms with Crippen LogP contribution in [0.15, 0.2) is 24.3 Å². The van der Waals surface area contributed by atoms with Crippen molar-refractivity contribution in [2.75, 3.05) is 24.2 Å². The van der Waals surface area contributed by atoms with E-state index in [4.69, 9.17) is 0 Å². The van der Waals surface area contributed by atoms with Crippen molar-refractivity contribution >= 4 is 29.3 Å². The Balaban J connectivity index is 1.50. The molecule has 1 N–H and O–H groups in total. The Hall–Kier alpha value is -1.56. The fourth-order valence-electron chi connectivity index (χ4n) is 3.15. The van der Waals surface area contributed by atoms with Crippen molar-refractivity contribution in [1.29, 1.82) is 0 Å². The molecule has 124 valence electrons. The molecule has 4 nitrogen and oxygen atoms in total. The lowest BCUT2D eigenvalue weighted by atomic mass is 9.95. The Kier molecular flexibility index (Phi) is 5.20. The van der Waals surface area contributed by atoms with E-state index in [-0.39, 0.29) is 28.8 Å². The van der Waals surface area contributed by atoms with Crippen LogP contribution in [0.5, 0.6) is 0 Å². The average Bonchev–Trinajstić information content (AvgIpc) is 3.09. The van der Waals surface area contributed by atoms with Gasteiger partial charge in [-0.1, -0.05) is 6.07 Å². The standard InChI is InChI=1S/C17H21FN2O2S/c18-13-3-1-4-14(11-13)19-16(21)12-6-8-20(9-7-12)17(22)15-5-2-10-23-15/h1,3-4,11-12,15H,2,5-10H2,(H,19,21)/t15-/m1/s1. The van der Waals surface area contributed by atoms with E-state index in [0.717, 1.165) is 18.6 Å². The van der Waals surface area contributed by atoms with Crippen molar-refractivity contribution in [2.24, 2.45) is 5.92 Å². The normalized spacial score (nSPS) is 22.1. The van der Waals surface area contributed by atoms with Gasteiger partial charge in [0.25, 0.3) is 0 Å². The Labute approximate surface area is 139 Å². The molecule has 2 aliphatic heterocycles. The summed E-state index contributed by atoms with van der Waals surface area (Å²) in [7, 11) is 0. The highest BCUT2D eigenvalue weighted by atomic mass is 32.2. The van der Waals surface area contributed by atoms with E-state index in [9.17, 15) is 14.0 Å². The molecule has 1 atom stereocenters. The minimum Gasteiger partial charge on any atom is -0.342 e. The van der Waals surface area contributed by atoms with Gasteiger partial charge < -0.3 is 10.2 Å². The zero-order valence-electron chi connectivity index (χ0n) is 13.0. The first kappa shape index (κ1) is 16.3. The number of hydrogen-bond acceptors (Lipinski definition) is 3. The lowest BCUT2D eigenvalue weighted by Crippen LogP contribution is -2.44. The highest BCUT2D eigenvalue weighted by Crippen LogP contribution is 2.29. The van der Waals surface area contributed by atoms with Crippen molar-refractivity contribution in [1.82, 2.24) is 4.90 Å². The van der Waals surface area contributed by atoms with Crippen LogP contribution in [0.4, 0.5) is 10.1 Å². The number of rotatable bonds is 3. The fraction of sp³-hybridized carbons (Fsp3) is 0.529. The molecule has 0 aromatic heterocycles. The van der Waals surface area contributed by atoms with E-state index in [1.165, 1.54) is 12.1 Å². The maximum Gasteiger partial charge on any atom is 0.235 e. The van der Waals surface area contributed by atoms with Gasteiger partial charge in [0.15, 0.2) is 0 Å². The van der Waals surface area contributed by atoms with Gasteiger partial charge >= 0.3 is 0 Å². The largest absolute Gasteiger partial charge is 0.342 e. The second-order valence-corrected chi connectivity index (χ2v) is 7.41. The van der Waals surface area contributed by atoms with Crippen LogP contribution in [-0.4, -0.2) is 40.8 Å².